The first kappa shape index (κ1) is 13.5. The van der Waals surface area contributed by atoms with Crippen molar-refractivity contribution in [3.05, 3.63) is 71.9 Å². The Balaban J connectivity index is 1.75. The van der Waals surface area contributed by atoms with Crippen LogP contribution in [-0.2, 0) is 6.42 Å². The molecule has 2 aromatic carbocycles. The second-order valence-electron chi connectivity index (χ2n) is 4.74. The van der Waals surface area contributed by atoms with Crippen molar-refractivity contribution < 1.29 is 8.91 Å². The zero-order valence-electron chi connectivity index (χ0n) is 11.2. The van der Waals surface area contributed by atoms with Crippen LogP contribution < -0.4 is 5.73 Å². The molecular weight excluding hydrogens is 269 g/mol. The van der Waals surface area contributed by atoms with E-state index < -0.39 is 0 Å². The summed E-state index contributed by atoms with van der Waals surface area (Å²) in [4.78, 5) is 4.30. The van der Waals surface area contributed by atoms with Crippen molar-refractivity contribution in [2.45, 2.75) is 12.5 Å². The first-order chi connectivity index (χ1) is 10.2. The van der Waals surface area contributed by atoms with Crippen LogP contribution in [0.3, 0.4) is 0 Å². The molecule has 0 aliphatic carbocycles. The van der Waals surface area contributed by atoms with Crippen molar-refractivity contribution in [2.24, 2.45) is 5.73 Å². The van der Waals surface area contributed by atoms with E-state index in [0.717, 1.165) is 5.56 Å². The minimum absolute atomic E-state index is 0.201. The summed E-state index contributed by atoms with van der Waals surface area (Å²) in [5, 5.41) is 3.90. The largest absolute Gasteiger partial charge is 0.339 e. The summed E-state index contributed by atoms with van der Waals surface area (Å²) in [5.74, 6) is 0.601. The van der Waals surface area contributed by atoms with Gasteiger partial charge in [0, 0.05) is 18.0 Å². The van der Waals surface area contributed by atoms with Gasteiger partial charge in [0.15, 0.2) is 0 Å². The average Bonchev–Trinajstić information content (AvgIpc) is 2.97. The van der Waals surface area contributed by atoms with Gasteiger partial charge in [-0.05, 0) is 29.8 Å². The third-order valence-corrected chi connectivity index (χ3v) is 3.19. The van der Waals surface area contributed by atoms with Gasteiger partial charge in [0.1, 0.15) is 5.82 Å². The summed E-state index contributed by atoms with van der Waals surface area (Å²) in [6.07, 6.45) is 0.457. The number of hydrogen-bond acceptors (Lipinski definition) is 4. The Morgan fingerprint density at radius 2 is 1.76 bits per heavy atom. The predicted molar refractivity (Wildman–Crippen MR) is 76.8 cm³/mol. The highest BCUT2D eigenvalue weighted by atomic mass is 19.1. The Kier molecular flexibility index (Phi) is 3.75. The maximum Gasteiger partial charge on any atom is 0.228 e. The molecule has 0 saturated carbocycles. The van der Waals surface area contributed by atoms with Crippen LogP contribution in [0.5, 0.6) is 0 Å². The van der Waals surface area contributed by atoms with Crippen LogP contribution >= 0.6 is 0 Å². The zero-order valence-corrected chi connectivity index (χ0v) is 11.2. The van der Waals surface area contributed by atoms with Gasteiger partial charge in [0.2, 0.25) is 11.7 Å². The molecule has 4 nitrogen and oxygen atoms in total. The molecule has 0 amide bonds. The van der Waals surface area contributed by atoms with E-state index in [1.54, 1.807) is 12.1 Å². The van der Waals surface area contributed by atoms with Crippen LogP contribution in [0.15, 0.2) is 59.1 Å². The maximum atomic E-state index is 12.9. The minimum Gasteiger partial charge on any atom is -0.339 e. The van der Waals surface area contributed by atoms with E-state index in [9.17, 15) is 4.39 Å². The summed E-state index contributed by atoms with van der Waals surface area (Å²) >= 11 is 0. The van der Waals surface area contributed by atoms with Gasteiger partial charge in [-0.15, -0.1) is 0 Å². The van der Waals surface area contributed by atoms with Crippen molar-refractivity contribution in [3.63, 3.8) is 0 Å². The Morgan fingerprint density at radius 1 is 1.05 bits per heavy atom. The second kappa shape index (κ2) is 5.85. The lowest BCUT2D eigenvalue weighted by Gasteiger charge is -2.08. The molecule has 0 aliphatic heterocycles. The molecule has 1 atom stereocenters. The van der Waals surface area contributed by atoms with Crippen molar-refractivity contribution in [3.8, 4) is 11.4 Å². The topological polar surface area (TPSA) is 64.9 Å². The minimum atomic E-state index is -0.298. The molecule has 1 aromatic heterocycles. The van der Waals surface area contributed by atoms with E-state index in [4.69, 9.17) is 10.3 Å². The Hall–Kier alpha value is -2.53. The number of rotatable bonds is 4. The van der Waals surface area contributed by atoms with E-state index in [0.29, 0.717) is 23.7 Å². The average molecular weight is 283 g/mol. The SMILES string of the molecule is NC(Cc1nc(-c2ccc(F)cc2)no1)c1ccccc1. The highest BCUT2D eigenvalue weighted by molar-refractivity contribution is 5.53. The van der Waals surface area contributed by atoms with Gasteiger partial charge in [0.25, 0.3) is 0 Å². The quantitative estimate of drug-likeness (QED) is 0.799. The molecule has 21 heavy (non-hydrogen) atoms. The molecule has 3 rings (SSSR count). The number of nitrogens with zero attached hydrogens (tertiary/aromatic N) is 2. The van der Waals surface area contributed by atoms with E-state index >= 15 is 0 Å². The molecule has 1 heterocycles. The number of nitrogens with two attached hydrogens (primary N) is 1. The standard InChI is InChI=1S/C16H14FN3O/c17-13-8-6-12(7-9-13)16-19-15(21-20-16)10-14(18)11-4-2-1-3-5-11/h1-9,14H,10,18H2. The van der Waals surface area contributed by atoms with Gasteiger partial charge in [-0.3, -0.25) is 0 Å². The lowest BCUT2D eigenvalue weighted by molar-refractivity contribution is 0.370. The first-order valence-electron chi connectivity index (χ1n) is 6.61. The number of aromatic nitrogens is 2. The molecule has 3 aromatic rings. The summed E-state index contributed by atoms with van der Waals surface area (Å²) in [7, 11) is 0. The van der Waals surface area contributed by atoms with E-state index in [-0.39, 0.29) is 11.9 Å². The van der Waals surface area contributed by atoms with Crippen LogP contribution in [-0.4, -0.2) is 10.1 Å². The van der Waals surface area contributed by atoms with Crippen LogP contribution in [0.4, 0.5) is 4.39 Å². The third kappa shape index (κ3) is 3.14. The molecule has 5 heteroatoms. The number of benzene rings is 2. The Morgan fingerprint density at radius 3 is 2.48 bits per heavy atom. The normalized spacial score (nSPS) is 12.3. The van der Waals surface area contributed by atoms with Crippen molar-refractivity contribution in [1.82, 2.24) is 10.1 Å². The lowest BCUT2D eigenvalue weighted by Crippen LogP contribution is -2.13. The fourth-order valence-electron chi connectivity index (χ4n) is 2.06. The molecule has 106 valence electrons. The Labute approximate surface area is 121 Å². The van der Waals surface area contributed by atoms with E-state index in [2.05, 4.69) is 10.1 Å². The molecule has 0 aliphatic rings. The Bertz CT molecular complexity index is 710. The van der Waals surface area contributed by atoms with Gasteiger partial charge >= 0.3 is 0 Å². The lowest BCUT2D eigenvalue weighted by atomic mass is 10.1. The molecular formula is C16H14FN3O. The van der Waals surface area contributed by atoms with Crippen LogP contribution in [0.1, 0.15) is 17.5 Å². The predicted octanol–water partition coefficient (Wildman–Crippen LogP) is 3.12. The van der Waals surface area contributed by atoms with Gasteiger partial charge in [-0.25, -0.2) is 4.39 Å². The molecule has 0 fully saturated rings. The smallest absolute Gasteiger partial charge is 0.228 e. The number of halogens is 1. The maximum absolute atomic E-state index is 12.9. The van der Waals surface area contributed by atoms with E-state index in [1.807, 2.05) is 30.3 Å². The fourth-order valence-corrected chi connectivity index (χ4v) is 2.06. The molecule has 0 bridgehead atoms. The monoisotopic (exact) mass is 283 g/mol. The highest BCUT2D eigenvalue weighted by Gasteiger charge is 2.13. The summed E-state index contributed by atoms with van der Waals surface area (Å²) in [6.45, 7) is 0. The molecule has 0 saturated heterocycles. The summed E-state index contributed by atoms with van der Waals surface area (Å²) in [5.41, 5.74) is 7.84. The van der Waals surface area contributed by atoms with Gasteiger partial charge in [-0.2, -0.15) is 4.98 Å². The van der Waals surface area contributed by atoms with Crippen LogP contribution in [0.25, 0.3) is 11.4 Å². The summed E-state index contributed by atoms with van der Waals surface area (Å²) < 4.78 is 18.1. The van der Waals surface area contributed by atoms with Crippen molar-refractivity contribution in [1.29, 1.82) is 0 Å². The zero-order chi connectivity index (χ0) is 14.7. The third-order valence-electron chi connectivity index (χ3n) is 3.19. The number of hydrogen-bond donors (Lipinski definition) is 1. The first-order valence-corrected chi connectivity index (χ1v) is 6.61. The molecule has 0 spiro atoms. The van der Waals surface area contributed by atoms with Gasteiger partial charge in [-0.1, -0.05) is 35.5 Å². The molecule has 2 N–H and O–H groups in total. The van der Waals surface area contributed by atoms with Gasteiger partial charge < -0.3 is 10.3 Å². The van der Waals surface area contributed by atoms with Crippen molar-refractivity contribution >= 4 is 0 Å². The molecule has 1 unspecified atom stereocenters. The molecule has 0 radical (unpaired) electrons. The van der Waals surface area contributed by atoms with Crippen LogP contribution in [0.2, 0.25) is 0 Å². The highest BCUT2D eigenvalue weighted by Crippen LogP contribution is 2.19. The van der Waals surface area contributed by atoms with Crippen molar-refractivity contribution in [2.75, 3.05) is 0 Å². The van der Waals surface area contributed by atoms with Crippen LogP contribution in [0, 0.1) is 5.82 Å². The summed E-state index contributed by atoms with van der Waals surface area (Å²) in [6, 6.07) is 15.5. The fraction of sp³-hybridized carbons (Fsp3) is 0.125. The van der Waals surface area contributed by atoms with Gasteiger partial charge in [0.05, 0.1) is 0 Å². The second-order valence-corrected chi connectivity index (χ2v) is 4.74. The van der Waals surface area contributed by atoms with E-state index in [1.165, 1.54) is 12.1 Å².